The van der Waals surface area contributed by atoms with Crippen molar-refractivity contribution in [2.24, 2.45) is 0 Å². The van der Waals surface area contributed by atoms with Crippen LogP contribution in [0.15, 0.2) is 59.5 Å². The zero-order chi connectivity index (χ0) is 14.6. The molecule has 0 aliphatic rings. The fourth-order valence-corrected chi connectivity index (χ4v) is 2.84. The summed E-state index contributed by atoms with van der Waals surface area (Å²) in [7, 11) is -3.68. The van der Waals surface area contributed by atoms with Crippen LogP contribution in [-0.4, -0.2) is 20.1 Å². The summed E-state index contributed by atoms with van der Waals surface area (Å²) in [4.78, 5) is 0.0813. The highest BCUT2D eigenvalue weighted by Gasteiger charge is 2.16. The van der Waals surface area contributed by atoms with Crippen molar-refractivity contribution in [2.75, 3.05) is 12.3 Å². The number of aliphatic hydroxyl groups is 1. The third kappa shape index (κ3) is 3.57. The van der Waals surface area contributed by atoms with Crippen molar-refractivity contribution in [3.63, 3.8) is 0 Å². The second-order valence-electron chi connectivity index (χ2n) is 4.35. The fraction of sp³-hybridized carbons (Fsp3) is 0.143. The van der Waals surface area contributed by atoms with Gasteiger partial charge in [-0.25, -0.2) is 13.1 Å². The normalized spacial score (nSPS) is 13.1. The first kappa shape index (κ1) is 14.5. The number of anilines is 1. The Bertz CT molecular complexity index is 672. The summed E-state index contributed by atoms with van der Waals surface area (Å²) in [6.45, 7) is -0.0961. The molecule has 0 saturated heterocycles. The minimum absolute atomic E-state index is 0.0813. The van der Waals surface area contributed by atoms with Crippen LogP contribution in [-0.2, 0) is 10.0 Å². The average Bonchev–Trinajstić information content (AvgIpc) is 2.46. The molecule has 6 heteroatoms. The Morgan fingerprint density at radius 3 is 2.45 bits per heavy atom. The smallest absolute Gasteiger partial charge is 0.240 e. The Hall–Kier alpha value is -1.89. The second kappa shape index (κ2) is 6.04. The minimum atomic E-state index is -3.68. The first-order chi connectivity index (χ1) is 9.49. The lowest BCUT2D eigenvalue weighted by Crippen LogP contribution is -2.28. The molecule has 0 aromatic heterocycles. The van der Waals surface area contributed by atoms with Gasteiger partial charge in [-0.15, -0.1) is 0 Å². The lowest BCUT2D eigenvalue weighted by Gasteiger charge is -2.12. The number of nitrogens with one attached hydrogen (secondary N) is 1. The van der Waals surface area contributed by atoms with Gasteiger partial charge in [0.05, 0.1) is 11.0 Å². The average molecular weight is 292 g/mol. The van der Waals surface area contributed by atoms with Gasteiger partial charge in [-0.05, 0) is 23.8 Å². The second-order valence-corrected chi connectivity index (χ2v) is 6.12. The van der Waals surface area contributed by atoms with E-state index in [0.29, 0.717) is 11.3 Å². The third-order valence-corrected chi connectivity index (χ3v) is 4.24. The third-order valence-electron chi connectivity index (χ3n) is 2.82. The van der Waals surface area contributed by atoms with Crippen LogP contribution in [0, 0.1) is 0 Å². The van der Waals surface area contributed by atoms with Crippen LogP contribution >= 0.6 is 0 Å². The summed E-state index contributed by atoms with van der Waals surface area (Å²) in [6.07, 6.45) is -0.896. The molecule has 0 heterocycles. The van der Waals surface area contributed by atoms with Gasteiger partial charge in [0, 0.05) is 12.2 Å². The lowest BCUT2D eigenvalue weighted by atomic mass is 10.1. The van der Waals surface area contributed by atoms with Crippen LogP contribution in [0.4, 0.5) is 5.69 Å². The molecule has 1 unspecified atom stereocenters. The molecule has 4 N–H and O–H groups in total. The summed E-state index contributed by atoms with van der Waals surface area (Å²) in [5.74, 6) is 0. The molecule has 2 aromatic rings. The molecule has 0 saturated carbocycles. The van der Waals surface area contributed by atoms with E-state index in [2.05, 4.69) is 4.72 Å². The number of sulfonamides is 1. The summed E-state index contributed by atoms with van der Waals surface area (Å²) in [5, 5.41) is 9.93. The van der Waals surface area contributed by atoms with E-state index in [-0.39, 0.29) is 11.4 Å². The first-order valence-corrected chi connectivity index (χ1v) is 7.55. The van der Waals surface area contributed by atoms with Gasteiger partial charge in [-0.3, -0.25) is 0 Å². The van der Waals surface area contributed by atoms with Gasteiger partial charge >= 0.3 is 0 Å². The summed E-state index contributed by atoms with van der Waals surface area (Å²) >= 11 is 0. The molecule has 0 amide bonds. The molecule has 5 nitrogen and oxygen atoms in total. The SMILES string of the molecule is Nc1cccc(S(=O)(=O)NCC(O)c2ccccc2)c1. The van der Waals surface area contributed by atoms with E-state index >= 15 is 0 Å². The zero-order valence-corrected chi connectivity index (χ0v) is 11.5. The molecular formula is C14H16N2O3S. The van der Waals surface area contributed by atoms with Crippen LogP contribution in [0.2, 0.25) is 0 Å². The standard InChI is InChI=1S/C14H16N2O3S/c15-12-7-4-8-13(9-12)20(18,19)16-10-14(17)11-5-2-1-3-6-11/h1-9,14,16-17H,10,15H2. The van der Waals surface area contributed by atoms with Crippen LogP contribution in [0.5, 0.6) is 0 Å². The summed E-state index contributed by atoms with van der Waals surface area (Å²) in [6, 6.07) is 14.9. The molecule has 2 aromatic carbocycles. The van der Waals surface area contributed by atoms with E-state index in [4.69, 9.17) is 5.73 Å². The van der Waals surface area contributed by atoms with E-state index < -0.39 is 16.1 Å². The van der Waals surface area contributed by atoms with Crippen molar-refractivity contribution in [1.82, 2.24) is 4.72 Å². The van der Waals surface area contributed by atoms with Crippen LogP contribution in [0.25, 0.3) is 0 Å². The van der Waals surface area contributed by atoms with Crippen molar-refractivity contribution >= 4 is 15.7 Å². The van der Waals surface area contributed by atoms with Gasteiger partial charge in [-0.2, -0.15) is 0 Å². The van der Waals surface area contributed by atoms with Crippen molar-refractivity contribution in [3.05, 3.63) is 60.2 Å². The Labute approximate surface area is 118 Å². The summed E-state index contributed by atoms with van der Waals surface area (Å²) in [5.41, 5.74) is 6.59. The Morgan fingerprint density at radius 2 is 1.80 bits per heavy atom. The number of rotatable bonds is 5. The molecule has 0 radical (unpaired) electrons. The Kier molecular flexibility index (Phi) is 4.39. The molecule has 106 valence electrons. The predicted octanol–water partition coefficient (Wildman–Crippen LogP) is 1.28. The molecule has 1 atom stereocenters. The molecule has 0 aliphatic heterocycles. The van der Waals surface area contributed by atoms with Gasteiger partial charge in [-0.1, -0.05) is 36.4 Å². The molecule has 0 fully saturated rings. The van der Waals surface area contributed by atoms with Gasteiger partial charge in [0.25, 0.3) is 0 Å². The number of hydrogen-bond acceptors (Lipinski definition) is 4. The number of hydrogen-bond donors (Lipinski definition) is 3. The van der Waals surface area contributed by atoms with Crippen LogP contribution in [0.1, 0.15) is 11.7 Å². The van der Waals surface area contributed by atoms with Gasteiger partial charge in [0.1, 0.15) is 0 Å². The largest absolute Gasteiger partial charge is 0.399 e. The molecule has 2 rings (SSSR count). The van der Waals surface area contributed by atoms with Gasteiger partial charge in [0.15, 0.2) is 0 Å². The van der Waals surface area contributed by atoms with Crippen molar-refractivity contribution in [1.29, 1.82) is 0 Å². The Balaban J connectivity index is 2.07. The van der Waals surface area contributed by atoms with E-state index in [9.17, 15) is 13.5 Å². The van der Waals surface area contributed by atoms with Crippen molar-refractivity contribution in [2.45, 2.75) is 11.0 Å². The number of nitrogens with two attached hydrogens (primary N) is 1. The highest BCUT2D eigenvalue weighted by atomic mass is 32.2. The van der Waals surface area contributed by atoms with Crippen LogP contribution < -0.4 is 10.5 Å². The molecule has 0 aliphatic carbocycles. The van der Waals surface area contributed by atoms with E-state index in [1.807, 2.05) is 6.07 Å². The van der Waals surface area contributed by atoms with E-state index in [1.165, 1.54) is 12.1 Å². The highest BCUT2D eigenvalue weighted by molar-refractivity contribution is 7.89. The molecule has 0 spiro atoms. The van der Waals surface area contributed by atoms with Crippen molar-refractivity contribution in [3.8, 4) is 0 Å². The Morgan fingerprint density at radius 1 is 1.10 bits per heavy atom. The topological polar surface area (TPSA) is 92.4 Å². The fourth-order valence-electron chi connectivity index (χ4n) is 1.75. The quantitative estimate of drug-likeness (QED) is 0.724. The maximum atomic E-state index is 12.0. The monoisotopic (exact) mass is 292 g/mol. The maximum Gasteiger partial charge on any atom is 0.240 e. The first-order valence-electron chi connectivity index (χ1n) is 6.07. The molecular weight excluding hydrogens is 276 g/mol. The van der Waals surface area contributed by atoms with Gasteiger partial charge in [0.2, 0.25) is 10.0 Å². The number of nitrogen functional groups attached to an aromatic ring is 1. The summed E-state index contributed by atoms with van der Waals surface area (Å²) < 4.78 is 26.5. The molecule has 0 bridgehead atoms. The van der Waals surface area contributed by atoms with E-state index in [1.54, 1.807) is 36.4 Å². The number of benzene rings is 2. The zero-order valence-electron chi connectivity index (χ0n) is 10.7. The van der Waals surface area contributed by atoms with Gasteiger partial charge < -0.3 is 10.8 Å². The van der Waals surface area contributed by atoms with E-state index in [0.717, 1.165) is 0 Å². The molecule has 20 heavy (non-hydrogen) atoms. The minimum Gasteiger partial charge on any atom is -0.399 e. The predicted molar refractivity (Wildman–Crippen MR) is 77.4 cm³/mol. The maximum absolute atomic E-state index is 12.0. The van der Waals surface area contributed by atoms with Crippen molar-refractivity contribution < 1.29 is 13.5 Å². The lowest BCUT2D eigenvalue weighted by molar-refractivity contribution is 0.182. The van der Waals surface area contributed by atoms with Crippen LogP contribution in [0.3, 0.4) is 0 Å². The number of aliphatic hydroxyl groups excluding tert-OH is 1. The highest BCUT2D eigenvalue weighted by Crippen LogP contribution is 2.15.